The molecule has 2 aromatic rings. The van der Waals surface area contributed by atoms with Crippen LogP contribution in [0.15, 0.2) is 54.7 Å². The first kappa shape index (κ1) is 25.2. The van der Waals surface area contributed by atoms with Gasteiger partial charge in [-0.2, -0.15) is 8.78 Å². The van der Waals surface area contributed by atoms with Crippen molar-refractivity contribution in [3.05, 3.63) is 88.8 Å². The monoisotopic (exact) mass is 448 g/mol. The van der Waals surface area contributed by atoms with Crippen LogP contribution in [0.2, 0.25) is 0 Å². The Morgan fingerprint density at radius 3 is 2.28 bits per heavy atom. The number of hydrogen-bond donors (Lipinski definition) is 0. The van der Waals surface area contributed by atoms with Gasteiger partial charge in [0.15, 0.2) is 23.1 Å². The summed E-state index contributed by atoms with van der Waals surface area (Å²) in [5.74, 6) is -3.36. The van der Waals surface area contributed by atoms with E-state index in [4.69, 9.17) is 9.47 Å². The van der Waals surface area contributed by atoms with Gasteiger partial charge >= 0.3 is 0 Å². The smallest absolute Gasteiger partial charge is 0.205 e. The van der Waals surface area contributed by atoms with Gasteiger partial charge in [-0.05, 0) is 37.8 Å². The molecule has 0 radical (unpaired) electrons. The van der Waals surface area contributed by atoms with Crippen molar-refractivity contribution in [1.82, 2.24) is 0 Å². The lowest BCUT2D eigenvalue weighted by molar-refractivity contribution is 0.306. The van der Waals surface area contributed by atoms with Crippen molar-refractivity contribution < 1.29 is 27.0 Å². The fourth-order valence-corrected chi connectivity index (χ4v) is 3.26. The van der Waals surface area contributed by atoms with Crippen molar-refractivity contribution in [1.29, 1.82) is 0 Å². The van der Waals surface area contributed by atoms with Crippen LogP contribution in [0.5, 0.6) is 17.2 Å². The first-order chi connectivity index (χ1) is 15.3. The second-order valence-corrected chi connectivity index (χ2v) is 7.23. The van der Waals surface area contributed by atoms with Gasteiger partial charge in [-0.25, -0.2) is 4.39 Å². The number of alkyl halides is 1. The maximum atomic E-state index is 15.1. The molecule has 32 heavy (non-hydrogen) atoms. The molecule has 3 rings (SSSR count). The van der Waals surface area contributed by atoms with Crippen LogP contribution in [0.25, 0.3) is 0 Å². The molecular weight excluding hydrogens is 420 g/mol. The number of halogens is 4. The van der Waals surface area contributed by atoms with Crippen LogP contribution < -0.4 is 9.47 Å². The van der Waals surface area contributed by atoms with Gasteiger partial charge < -0.3 is 9.47 Å². The molecular formula is C26H28F4O2. The van der Waals surface area contributed by atoms with E-state index in [1.54, 1.807) is 19.1 Å². The third kappa shape index (κ3) is 5.61. The fourth-order valence-electron chi connectivity index (χ4n) is 3.26. The van der Waals surface area contributed by atoms with Gasteiger partial charge in [0.25, 0.3) is 0 Å². The third-order valence-corrected chi connectivity index (χ3v) is 5.07. The summed E-state index contributed by atoms with van der Waals surface area (Å²) >= 11 is 0. The molecule has 0 unspecified atom stereocenters. The van der Waals surface area contributed by atoms with Gasteiger partial charge in [0, 0.05) is 17.5 Å². The minimum absolute atomic E-state index is 0.0528. The molecule has 0 fully saturated rings. The van der Waals surface area contributed by atoms with Gasteiger partial charge in [0.1, 0.15) is 0 Å². The molecule has 0 bridgehead atoms. The van der Waals surface area contributed by atoms with Crippen molar-refractivity contribution in [3.63, 3.8) is 0 Å². The molecule has 0 saturated carbocycles. The molecule has 0 N–H and O–H groups in total. The Labute approximate surface area is 186 Å². The minimum Gasteiger partial charge on any atom is -0.491 e. The van der Waals surface area contributed by atoms with E-state index in [-0.39, 0.29) is 30.3 Å². The van der Waals surface area contributed by atoms with E-state index in [1.807, 2.05) is 19.1 Å². The Bertz CT molecular complexity index is 1030. The number of aryl methyl sites for hydroxylation is 1. The third-order valence-electron chi connectivity index (χ3n) is 5.07. The lowest BCUT2D eigenvalue weighted by atomic mass is 9.96. The Morgan fingerprint density at radius 2 is 1.62 bits per heavy atom. The van der Waals surface area contributed by atoms with E-state index >= 15 is 4.39 Å². The highest BCUT2D eigenvalue weighted by molar-refractivity contribution is 5.54. The quantitative estimate of drug-likeness (QED) is 0.259. The van der Waals surface area contributed by atoms with E-state index in [0.717, 1.165) is 17.6 Å². The summed E-state index contributed by atoms with van der Waals surface area (Å²) in [6, 6.07) is 4.87. The first-order valence-corrected chi connectivity index (χ1v) is 10.4. The molecule has 2 aromatic carbocycles. The Balaban J connectivity index is 0.00000176. The number of benzene rings is 2. The molecule has 1 aliphatic rings. The zero-order valence-electron chi connectivity index (χ0n) is 18.7. The van der Waals surface area contributed by atoms with E-state index < -0.39 is 17.5 Å². The van der Waals surface area contributed by atoms with Crippen molar-refractivity contribution in [2.24, 2.45) is 0 Å². The zero-order valence-corrected chi connectivity index (χ0v) is 18.7. The average Bonchev–Trinajstić information content (AvgIpc) is 2.81. The molecule has 6 heteroatoms. The second-order valence-electron chi connectivity index (χ2n) is 7.23. The van der Waals surface area contributed by atoms with Gasteiger partial charge in [0.2, 0.25) is 11.6 Å². The molecule has 0 saturated heterocycles. The topological polar surface area (TPSA) is 18.5 Å². The summed E-state index contributed by atoms with van der Waals surface area (Å²) in [5, 5.41) is 0. The summed E-state index contributed by atoms with van der Waals surface area (Å²) in [5.41, 5.74) is 3.28. The molecule has 0 aliphatic carbocycles. The van der Waals surface area contributed by atoms with Gasteiger partial charge in [0.05, 0.1) is 13.8 Å². The number of rotatable bonds is 8. The van der Waals surface area contributed by atoms with Crippen molar-refractivity contribution in [2.75, 3.05) is 13.8 Å². The Hall–Kier alpha value is -3.02. The predicted molar refractivity (Wildman–Crippen MR) is 120 cm³/mol. The second kappa shape index (κ2) is 11.6. The molecule has 172 valence electrons. The van der Waals surface area contributed by atoms with Crippen LogP contribution in [0, 0.1) is 17.5 Å². The Kier molecular flexibility index (Phi) is 9.12. The fraction of sp³-hybridized carbons (Fsp3) is 0.308. The maximum absolute atomic E-state index is 15.1. The van der Waals surface area contributed by atoms with Gasteiger partial charge in [-0.15, -0.1) is 0 Å². The largest absolute Gasteiger partial charge is 0.491 e. The molecule has 0 spiro atoms. The summed E-state index contributed by atoms with van der Waals surface area (Å²) in [6.07, 6.45) is 5.83. The normalized spacial score (nSPS) is 11.7. The lowest BCUT2D eigenvalue weighted by Gasteiger charge is -2.23. The van der Waals surface area contributed by atoms with E-state index in [9.17, 15) is 13.2 Å². The molecule has 1 heterocycles. The van der Waals surface area contributed by atoms with Gasteiger partial charge in [-0.1, -0.05) is 55.5 Å². The highest BCUT2D eigenvalue weighted by Crippen LogP contribution is 2.43. The predicted octanol–water partition coefficient (Wildman–Crippen LogP) is 7.80. The highest BCUT2D eigenvalue weighted by atomic mass is 19.2. The van der Waals surface area contributed by atoms with Crippen LogP contribution in [-0.2, 0) is 12.8 Å². The number of allylic oxidation sites excluding steroid dienone is 4. The standard InChI is InChI=1S/C25H25F3O2.CH3F/c1-5-15(3)7-8-16(4)9-10-17-11-12-18-13-19-14-20(29-6-2)22(27)23(28)25(19)30-24(18)21(17)26;1-2/h7-8,11-12,14H,3-6,9-10,13H2,1-2H3;1H3/b8-7-;. The molecule has 2 nitrogen and oxygen atoms in total. The minimum atomic E-state index is -1.17. The van der Waals surface area contributed by atoms with Crippen LogP contribution in [-0.4, -0.2) is 13.8 Å². The summed E-state index contributed by atoms with van der Waals surface area (Å²) < 4.78 is 63.9. The van der Waals surface area contributed by atoms with Gasteiger partial charge in [-0.3, -0.25) is 4.39 Å². The summed E-state index contributed by atoms with van der Waals surface area (Å²) in [6.45, 7) is 11.8. The van der Waals surface area contributed by atoms with E-state index in [0.29, 0.717) is 36.7 Å². The molecule has 0 atom stereocenters. The number of hydrogen-bond acceptors (Lipinski definition) is 2. The highest BCUT2D eigenvalue weighted by Gasteiger charge is 2.28. The Morgan fingerprint density at radius 1 is 0.969 bits per heavy atom. The zero-order chi connectivity index (χ0) is 23.8. The van der Waals surface area contributed by atoms with Crippen LogP contribution in [0.3, 0.4) is 0 Å². The van der Waals surface area contributed by atoms with Crippen LogP contribution >= 0.6 is 0 Å². The summed E-state index contributed by atoms with van der Waals surface area (Å²) in [4.78, 5) is 0. The van der Waals surface area contributed by atoms with Crippen molar-refractivity contribution in [2.45, 2.75) is 39.5 Å². The maximum Gasteiger partial charge on any atom is 0.205 e. The SMILES string of the molecule is C=C(/C=C\C(=C)CCc1ccc2c(c1F)Oc1c(cc(OCC)c(F)c1F)C2)CC.CF. The van der Waals surface area contributed by atoms with Crippen molar-refractivity contribution in [3.8, 4) is 17.2 Å². The number of ether oxygens (including phenoxy) is 2. The molecule has 1 aliphatic heterocycles. The summed E-state index contributed by atoms with van der Waals surface area (Å²) in [7, 11) is 0.500. The van der Waals surface area contributed by atoms with Crippen LogP contribution in [0.1, 0.15) is 43.4 Å². The van der Waals surface area contributed by atoms with Crippen molar-refractivity contribution >= 4 is 0 Å². The van der Waals surface area contributed by atoms with Crippen LogP contribution in [0.4, 0.5) is 17.6 Å². The molecule has 0 amide bonds. The first-order valence-electron chi connectivity index (χ1n) is 10.4. The average molecular weight is 449 g/mol. The van der Waals surface area contributed by atoms with E-state index in [2.05, 4.69) is 13.2 Å². The van der Waals surface area contributed by atoms with E-state index in [1.165, 1.54) is 6.07 Å². The molecule has 0 aromatic heterocycles. The lowest BCUT2D eigenvalue weighted by Crippen LogP contribution is -2.10. The number of fused-ring (bicyclic) bond motifs is 2.